The van der Waals surface area contributed by atoms with Gasteiger partial charge in [0.2, 0.25) is 11.8 Å². The van der Waals surface area contributed by atoms with Gasteiger partial charge in [-0.2, -0.15) is 0 Å². The molecular weight excluding hydrogens is 634 g/mol. The normalized spacial score (nSPS) is 16.0. The summed E-state index contributed by atoms with van der Waals surface area (Å²) in [5.41, 5.74) is 3.48. The van der Waals surface area contributed by atoms with Crippen molar-refractivity contribution in [3.8, 4) is 11.5 Å². The number of hydrogen-bond donors (Lipinski definition) is 3. The Hall–Kier alpha value is -4.70. The lowest BCUT2D eigenvalue weighted by molar-refractivity contribution is -0.136. The van der Waals surface area contributed by atoms with Crippen LogP contribution in [0.25, 0.3) is 0 Å². The number of phenolic OH excluding ortho intramolecular Hbond substituents is 1. The first-order chi connectivity index (χ1) is 24.1. The van der Waals surface area contributed by atoms with Gasteiger partial charge in [0.25, 0.3) is 11.8 Å². The Morgan fingerprint density at radius 3 is 2.04 bits per heavy atom. The van der Waals surface area contributed by atoms with Gasteiger partial charge in [-0.3, -0.25) is 29.4 Å². The minimum atomic E-state index is -0.962. The van der Waals surface area contributed by atoms with Crippen LogP contribution in [0.5, 0.6) is 11.5 Å². The number of anilines is 1. The fourth-order valence-corrected chi connectivity index (χ4v) is 6.46. The fraction of sp³-hybridized carbons (Fsp3) is 0.450. The predicted octanol–water partition coefficient (Wildman–Crippen LogP) is 6.75. The Kier molecular flexibility index (Phi) is 12.7. The van der Waals surface area contributed by atoms with Gasteiger partial charge in [-0.1, -0.05) is 63.8 Å². The van der Waals surface area contributed by atoms with Crippen molar-refractivity contribution >= 4 is 29.3 Å². The van der Waals surface area contributed by atoms with Gasteiger partial charge in [0.1, 0.15) is 17.5 Å². The summed E-state index contributed by atoms with van der Waals surface area (Å²) in [5, 5.41) is 15.1. The number of imide groups is 2. The molecule has 3 aromatic rings. The zero-order chi connectivity index (χ0) is 35.5. The topological polar surface area (TPSA) is 134 Å². The number of aromatic hydroxyl groups is 1. The van der Waals surface area contributed by atoms with E-state index in [1.54, 1.807) is 30.3 Å². The summed E-state index contributed by atoms with van der Waals surface area (Å²) >= 11 is 0. The number of carbonyl (C=O) groups excluding carboxylic acids is 4. The number of carbonyl (C=O) groups is 4. The van der Waals surface area contributed by atoms with Crippen molar-refractivity contribution in [3.63, 3.8) is 0 Å². The van der Waals surface area contributed by atoms with Crippen molar-refractivity contribution < 1.29 is 33.8 Å². The predicted molar refractivity (Wildman–Crippen MR) is 192 cm³/mol. The van der Waals surface area contributed by atoms with Crippen LogP contribution in [0.4, 0.5) is 5.69 Å². The van der Waals surface area contributed by atoms with Crippen molar-refractivity contribution in [2.75, 3.05) is 31.7 Å². The number of rotatable bonds is 19. The van der Waals surface area contributed by atoms with E-state index in [4.69, 9.17) is 9.47 Å². The van der Waals surface area contributed by atoms with Crippen LogP contribution in [0, 0.1) is 0 Å². The van der Waals surface area contributed by atoms with Crippen LogP contribution in [-0.4, -0.2) is 66.0 Å². The molecule has 0 radical (unpaired) electrons. The van der Waals surface area contributed by atoms with Gasteiger partial charge in [-0.25, -0.2) is 0 Å². The molecule has 10 heteroatoms. The number of benzene rings is 3. The molecule has 266 valence electrons. The summed E-state index contributed by atoms with van der Waals surface area (Å²) < 4.78 is 11.8. The molecule has 3 N–H and O–H groups in total. The fourth-order valence-electron chi connectivity index (χ4n) is 6.46. The van der Waals surface area contributed by atoms with Gasteiger partial charge in [0.05, 0.1) is 17.7 Å². The molecule has 1 saturated heterocycles. The van der Waals surface area contributed by atoms with Gasteiger partial charge in [0, 0.05) is 37.3 Å². The maximum absolute atomic E-state index is 13.0. The van der Waals surface area contributed by atoms with Crippen molar-refractivity contribution in [3.05, 3.63) is 89.0 Å². The van der Waals surface area contributed by atoms with E-state index in [1.165, 1.54) is 18.4 Å². The number of fused-ring (bicyclic) bond motifs is 1. The minimum Gasteiger partial charge on any atom is -0.508 e. The highest BCUT2D eigenvalue weighted by Crippen LogP contribution is 2.33. The number of ether oxygens (including phenoxy) is 2. The third kappa shape index (κ3) is 9.29. The molecule has 1 fully saturated rings. The molecule has 5 rings (SSSR count). The van der Waals surface area contributed by atoms with Crippen molar-refractivity contribution in [1.82, 2.24) is 10.2 Å². The van der Waals surface area contributed by atoms with E-state index in [1.807, 2.05) is 24.3 Å². The van der Waals surface area contributed by atoms with Crippen LogP contribution < -0.4 is 15.4 Å². The van der Waals surface area contributed by atoms with Crippen LogP contribution in [-0.2, 0) is 19.7 Å². The third-order valence-electron chi connectivity index (χ3n) is 9.60. The SMILES string of the molecule is CC(C)(c1ccc(O)cc1)c1ccc(OCCCCCCCCOCCCCNc2ccc3c(c2)C(=O)N(C2CCC(=O)NC2=O)C3=O)cc1. The van der Waals surface area contributed by atoms with Crippen LogP contribution in [0.1, 0.15) is 110 Å². The van der Waals surface area contributed by atoms with Gasteiger partial charge < -0.3 is 19.9 Å². The lowest BCUT2D eigenvalue weighted by Crippen LogP contribution is -2.54. The van der Waals surface area contributed by atoms with Crippen LogP contribution in [0.15, 0.2) is 66.7 Å². The van der Waals surface area contributed by atoms with Gasteiger partial charge in [0.15, 0.2) is 0 Å². The molecule has 0 saturated carbocycles. The van der Waals surface area contributed by atoms with E-state index in [9.17, 15) is 24.3 Å². The molecule has 0 spiro atoms. The Bertz CT molecular complexity index is 1640. The smallest absolute Gasteiger partial charge is 0.262 e. The zero-order valence-electron chi connectivity index (χ0n) is 29.2. The molecule has 2 aliphatic rings. The summed E-state index contributed by atoms with van der Waals surface area (Å²) in [6.07, 6.45) is 8.81. The van der Waals surface area contributed by atoms with Crippen LogP contribution in [0.3, 0.4) is 0 Å². The van der Waals surface area contributed by atoms with Crippen molar-refractivity contribution in [2.24, 2.45) is 0 Å². The molecule has 1 unspecified atom stereocenters. The molecule has 4 amide bonds. The monoisotopic (exact) mass is 683 g/mol. The lowest BCUT2D eigenvalue weighted by atomic mass is 9.78. The highest BCUT2D eigenvalue weighted by atomic mass is 16.5. The first-order valence-electron chi connectivity index (χ1n) is 17.9. The summed E-state index contributed by atoms with van der Waals surface area (Å²) in [4.78, 5) is 50.5. The van der Waals surface area contributed by atoms with E-state index in [2.05, 4.69) is 36.6 Å². The summed E-state index contributed by atoms with van der Waals surface area (Å²) in [6, 6.07) is 19.8. The molecule has 2 aliphatic heterocycles. The maximum Gasteiger partial charge on any atom is 0.262 e. The Labute approximate surface area is 294 Å². The van der Waals surface area contributed by atoms with Crippen molar-refractivity contribution in [2.45, 2.75) is 89.5 Å². The van der Waals surface area contributed by atoms with E-state index in [0.717, 1.165) is 67.0 Å². The number of nitrogens with zero attached hydrogens (tertiary/aromatic N) is 1. The first-order valence-corrected chi connectivity index (χ1v) is 17.9. The summed E-state index contributed by atoms with van der Waals surface area (Å²) in [5.74, 6) is -0.840. The Morgan fingerprint density at radius 1 is 0.760 bits per heavy atom. The van der Waals surface area contributed by atoms with Gasteiger partial charge in [-0.15, -0.1) is 0 Å². The van der Waals surface area contributed by atoms with E-state index >= 15 is 0 Å². The molecule has 50 heavy (non-hydrogen) atoms. The number of hydrogen-bond acceptors (Lipinski definition) is 8. The second kappa shape index (κ2) is 17.3. The second-order valence-electron chi connectivity index (χ2n) is 13.6. The Balaban J connectivity index is 0.860. The molecule has 3 aromatic carbocycles. The molecular formula is C40H49N3O7. The van der Waals surface area contributed by atoms with Crippen LogP contribution in [0.2, 0.25) is 0 Å². The number of phenols is 1. The second-order valence-corrected chi connectivity index (χ2v) is 13.6. The van der Waals surface area contributed by atoms with Gasteiger partial charge in [-0.05, 0) is 85.7 Å². The minimum absolute atomic E-state index is 0.0965. The molecule has 1 atom stereocenters. The largest absolute Gasteiger partial charge is 0.508 e. The zero-order valence-corrected chi connectivity index (χ0v) is 29.2. The Morgan fingerprint density at radius 2 is 1.36 bits per heavy atom. The van der Waals surface area contributed by atoms with Gasteiger partial charge >= 0.3 is 0 Å². The third-order valence-corrected chi connectivity index (χ3v) is 9.60. The van der Waals surface area contributed by atoms with E-state index < -0.39 is 29.7 Å². The average molecular weight is 684 g/mol. The summed E-state index contributed by atoms with van der Waals surface area (Å²) in [7, 11) is 0. The molecule has 0 aliphatic carbocycles. The highest BCUT2D eigenvalue weighted by molar-refractivity contribution is 6.23. The highest BCUT2D eigenvalue weighted by Gasteiger charge is 2.44. The quantitative estimate of drug-likeness (QED) is 0.0934. The summed E-state index contributed by atoms with van der Waals surface area (Å²) in [6.45, 7) is 7.25. The average Bonchev–Trinajstić information content (AvgIpc) is 3.35. The first kappa shape index (κ1) is 36.6. The lowest BCUT2D eigenvalue weighted by Gasteiger charge is -2.27. The van der Waals surface area contributed by atoms with E-state index in [-0.39, 0.29) is 35.1 Å². The van der Waals surface area contributed by atoms with E-state index in [0.29, 0.717) is 19.8 Å². The molecule has 0 aromatic heterocycles. The number of amides is 4. The number of unbranched alkanes of at least 4 members (excludes halogenated alkanes) is 6. The molecule has 2 heterocycles. The molecule has 0 bridgehead atoms. The maximum atomic E-state index is 13.0. The van der Waals surface area contributed by atoms with Crippen molar-refractivity contribution in [1.29, 1.82) is 0 Å². The number of piperidine rings is 1. The van der Waals surface area contributed by atoms with Crippen LogP contribution >= 0.6 is 0 Å². The number of nitrogens with one attached hydrogen (secondary N) is 2. The standard InChI is InChI=1S/C40H49N3O7/c1-40(2,28-11-16-31(44)17-12-28)29-13-18-32(19-14-29)50-26-9-6-4-3-5-8-24-49-25-10-7-23-41-30-15-20-33-34(27-30)39(48)43(38(33)47)35-21-22-36(45)42-37(35)46/h11-20,27,35,41,44H,3-10,21-26H2,1-2H3,(H,42,45,46). The molecule has 10 nitrogen and oxygen atoms in total.